The van der Waals surface area contributed by atoms with Crippen molar-refractivity contribution in [2.75, 3.05) is 0 Å². The zero-order valence-electron chi connectivity index (χ0n) is 7.25. The Morgan fingerprint density at radius 3 is 3.00 bits per heavy atom. The molecule has 0 aliphatic carbocycles. The van der Waals surface area contributed by atoms with Crippen LogP contribution in [-0.4, -0.2) is 25.9 Å². The molecule has 72 valence electrons. The van der Waals surface area contributed by atoms with E-state index in [1.807, 2.05) is 0 Å². The molecule has 0 saturated carbocycles. The van der Waals surface area contributed by atoms with E-state index in [1.54, 1.807) is 6.92 Å². The molecular formula is C7H11N3O3. The smallest absolute Gasteiger partial charge is 0.306 e. The summed E-state index contributed by atoms with van der Waals surface area (Å²) in [6.45, 7) is 2.16. The first-order valence-electron chi connectivity index (χ1n) is 3.94. The van der Waals surface area contributed by atoms with E-state index in [4.69, 9.17) is 5.11 Å². The molecule has 13 heavy (non-hydrogen) atoms. The van der Waals surface area contributed by atoms with E-state index in [9.17, 15) is 10.1 Å². The Hall–Kier alpha value is -1.43. The van der Waals surface area contributed by atoms with Gasteiger partial charge in [0, 0.05) is 6.54 Å². The molecule has 1 rings (SSSR count). The lowest BCUT2D eigenvalue weighted by atomic mass is 10.3. The molecule has 0 bridgehead atoms. The molecule has 1 aromatic heterocycles. The molecule has 0 saturated heterocycles. The minimum Gasteiger partial charge on any atom is -0.393 e. The van der Waals surface area contributed by atoms with Crippen LogP contribution >= 0.6 is 0 Å². The number of hydrogen-bond acceptors (Lipinski definition) is 4. The van der Waals surface area contributed by atoms with Gasteiger partial charge in [-0.3, -0.25) is 14.8 Å². The number of aryl methyl sites for hydroxylation is 1. The SMILES string of the molecule is CC(O)CCn1cc([N+](=O)[O-])cn1. The number of aliphatic hydroxyl groups is 1. The summed E-state index contributed by atoms with van der Waals surface area (Å²) in [6.07, 6.45) is 2.67. The quantitative estimate of drug-likeness (QED) is 0.549. The lowest BCUT2D eigenvalue weighted by Gasteiger charge is -2.02. The summed E-state index contributed by atoms with van der Waals surface area (Å²) in [5.74, 6) is 0. The molecule has 0 fully saturated rings. The van der Waals surface area contributed by atoms with Gasteiger partial charge in [-0.05, 0) is 13.3 Å². The molecule has 6 nitrogen and oxygen atoms in total. The maximum atomic E-state index is 10.3. The van der Waals surface area contributed by atoms with Crippen LogP contribution in [0.4, 0.5) is 5.69 Å². The van der Waals surface area contributed by atoms with Crippen LogP contribution in [0.15, 0.2) is 12.4 Å². The molecule has 0 aliphatic heterocycles. The fraction of sp³-hybridized carbons (Fsp3) is 0.571. The number of aromatic nitrogens is 2. The molecule has 0 amide bonds. The Labute approximate surface area is 74.9 Å². The number of aliphatic hydroxyl groups excluding tert-OH is 1. The second-order valence-corrected chi connectivity index (χ2v) is 2.86. The van der Waals surface area contributed by atoms with Gasteiger partial charge in [0.25, 0.3) is 0 Å². The minimum absolute atomic E-state index is 0.0226. The van der Waals surface area contributed by atoms with Crippen molar-refractivity contribution in [1.29, 1.82) is 0 Å². The second kappa shape index (κ2) is 3.99. The van der Waals surface area contributed by atoms with Crippen molar-refractivity contribution in [2.24, 2.45) is 0 Å². The Morgan fingerprint density at radius 2 is 2.54 bits per heavy atom. The van der Waals surface area contributed by atoms with Crippen molar-refractivity contribution in [3.8, 4) is 0 Å². The van der Waals surface area contributed by atoms with Gasteiger partial charge in [-0.2, -0.15) is 5.10 Å². The molecule has 0 spiro atoms. The molecule has 0 aromatic carbocycles. The lowest BCUT2D eigenvalue weighted by Crippen LogP contribution is -2.06. The highest BCUT2D eigenvalue weighted by atomic mass is 16.6. The van der Waals surface area contributed by atoms with E-state index in [-0.39, 0.29) is 5.69 Å². The zero-order valence-corrected chi connectivity index (χ0v) is 7.25. The average Bonchev–Trinajstić information content (AvgIpc) is 2.48. The first-order valence-corrected chi connectivity index (χ1v) is 3.94. The van der Waals surface area contributed by atoms with Crippen LogP contribution in [0.25, 0.3) is 0 Å². The van der Waals surface area contributed by atoms with Crippen molar-refractivity contribution in [2.45, 2.75) is 26.0 Å². The summed E-state index contributed by atoms with van der Waals surface area (Å²) in [7, 11) is 0. The number of hydrogen-bond donors (Lipinski definition) is 1. The molecule has 1 aromatic rings. The first kappa shape index (κ1) is 9.66. The zero-order chi connectivity index (χ0) is 9.84. The summed E-state index contributed by atoms with van der Waals surface area (Å²) < 4.78 is 1.45. The summed E-state index contributed by atoms with van der Waals surface area (Å²) in [6, 6.07) is 0. The van der Waals surface area contributed by atoms with E-state index in [1.165, 1.54) is 17.1 Å². The molecule has 1 heterocycles. The maximum absolute atomic E-state index is 10.3. The van der Waals surface area contributed by atoms with Gasteiger partial charge in [-0.25, -0.2) is 0 Å². The Bertz CT molecular complexity index is 295. The summed E-state index contributed by atoms with van der Waals surface area (Å²) in [4.78, 5) is 9.76. The predicted molar refractivity (Wildman–Crippen MR) is 45.2 cm³/mol. The van der Waals surface area contributed by atoms with E-state index >= 15 is 0 Å². The predicted octanol–water partition coefficient (Wildman–Crippen LogP) is 0.562. The van der Waals surface area contributed by atoms with Gasteiger partial charge in [0.1, 0.15) is 12.4 Å². The van der Waals surface area contributed by atoms with Crippen LogP contribution in [0, 0.1) is 10.1 Å². The Balaban J connectivity index is 2.54. The standard InChI is InChI=1S/C7H11N3O3/c1-6(11)2-3-9-5-7(4-8-9)10(12)13/h4-6,11H,2-3H2,1H3. The van der Waals surface area contributed by atoms with Gasteiger partial charge in [-0.15, -0.1) is 0 Å². The third kappa shape index (κ3) is 2.83. The van der Waals surface area contributed by atoms with Gasteiger partial charge in [0.15, 0.2) is 0 Å². The average molecular weight is 185 g/mol. The van der Waals surface area contributed by atoms with E-state index in [0.29, 0.717) is 13.0 Å². The summed E-state index contributed by atoms with van der Waals surface area (Å²) in [5.41, 5.74) is -0.0226. The first-order chi connectivity index (χ1) is 6.09. The Morgan fingerprint density at radius 1 is 1.85 bits per heavy atom. The minimum atomic E-state index is -0.494. The fourth-order valence-corrected chi connectivity index (χ4v) is 0.888. The lowest BCUT2D eigenvalue weighted by molar-refractivity contribution is -0.385. The van der Waals surface area contributed by atoms with Crippen LogP contribution < -0.4 is 0 Å². The number of nitro groups is 1. The molecule has 0 aliphatic rings. The summed E-state index contributed by atoms with van der Waals surface area (Å²) in [5, 5.41) is 23.0. The number of nitrogens with zero attached hydrogens (tertiary/aromatic N) is 3. The normalized spacial score (nSPS) is 12.8. The molecule has 0 radical (unpaired) electrons. The third-order valence-corrected chi connectivity index (χ3v) is 1.61. The van der Waals surface area contributed by atoms with Crippen LogP contribution in [0.2, 0.25) is 0 Å². The van der Waals surface area contributed by atoms with Gasteiger partial charge < -0.3 is 5.11 Å². The van der Waals surface area contributed by atoms with Crippen molar-refractivity contribution in [1.82, 2.24) is 9.78 Å². The van der Waals surface area contributed by atoms with Gasteiger partial charge >= 0.3 is 5.69 Å². The molecular weight excluding hydrogens is 174 g/mol. The maximum Gasteiger partial charge on any atom is 0.306 e. The highest BCUT2D eigenvalue weighted by Crippen LogP contribution is 2.08. The Kier molecular flexibility index (Phi) is 2.97. The van der Waals surface area contributed by atoms with Crippen molar-refractivity contribution in [3.05, 3.63) is 22.5 Å². The molecule has 6 heteroatoms. The molecule has 1 atom stereocenters. The second-order valence-electron chi connectivity index (χ2n) is 2.86. The highest BCUT2D eigenvalue weighted by molar-refractivity contribution is 5.20. The van der Waals surface area contributed by atoms with Crippen LogP contribution in [-0.2, 0) is 6.54 Å². The largest absolute Gasteiger partial charge is 0.393 e. The van der Waals surface area contributed by atoms with Gasteiger partial charge in [0.05, 0.1) is 11.0 Å². The monoisotopic (exact) mass is 185 g/mol. The molecule has 1 unspecified atom stereocenters. The van der Waals surface area contributed by atoms with Gasteiger partial charge in [0.2, 0.25) is 0 Å². The van der Waals surface area contributed by atoms with E-state index < -0.39 is 11.0 Å². The molecule has 1 N–H and O–H groups in total. The van der Waals surface area contributed by atoms with Crippen LogP contribution in [0.1, 0.15) is 13.3 Å². The fourth-order valence-electron chi connectivity index (χ4n) is 0.888. The van der Waals surface area contributed by atoms with Crippen LogP contribution in [0.5, 0.6) is 0 Å². The summed E-state index contributed by atoms with van der Waals surface area (Å²) >= 11 is 0. The van der Waals surface area contributed by atoms with Crippen LogP contribution in [0.3, 0.4) is 0 Å². The topological polar surface area (TPSA) is 81.2 Å². The highest BCUT2D eigenvalue weighted by Gasteiger charge is 2.08. The van der Waals surface area contributed by atoms with E-state index in [0.717, 1.165) is 0 Å². The van der Waals surface area contributed by atoms with E-state index in [2.05, 4.69) is 5.10 Å². The van der Waals surface area contributed by atoms with Crippen molar-refractivity contribution >= 4 is 5.69 Å². The van der Waals surface area contributed by atoms with Crippen molar-refractivity contribution < 1.29 is 10.0 Å². The number of rotatable bonds is 4. The third-order valence-electron chi connectivity index (χ3n) is 1.61. The van der Waals surface area contributed by atoms with Gasteiger partial charge in [-0.1, -0.05) is 0 Å². The van der Waals surface area contributed by atoms with Crippen molar-refractivity contribution in [3.63, 3.8) is 0 Å².